The van der Waals surface area contributed by atoms with Gasteiger partial charge in [0.2, 0.25) is 0 Å². The molecule has 17 heavy (non-hydrogen) atoms. The first kappa shape index (κ1) is 14.4. The number of aryl methyl sites for hydroxylation is 3. The van der Waals surface area contributed by atoms with Gasteiger partial charge in [0.15, 0.2) is 0 Å². The molecular weight excluding hydrogens is 230 g/mol. The van der Waals surface area contributed by atoms with E-state index in [0.29, 0.717) is 11.5 Å². The Morgan fingerprint density at radius 2 is 1.76 bits per heavy atom. The molecular formula is C14H23NOS. The number of hydrogen-bond donors (Lipinski definition) is 1. The SMILES string of the molecule is Cc1cc(C)c(CS(=O)CCC(C)N)c(C)c1. The van der Waals surface area contributed by atoms with Crippen LogP contribution in [0.4, 0.5) is 0 Å². The molecule has 0 aliphatic carbocycles. The number of nitrogens with two attached hydrogens (primary N) is 1. The summed E-state index contributed by atoms with van der Waals surface area (Å²) in [5.74, 6) is 1.36. The topological polar surface area (TPSA) is 43.1 Å². The standard InChI is InChI=1S/C14H23NOS/c1-10-7-11(2)14(12(3)8-10)9-17(16)6-5-13(4)15/h7-8,13H,5-6,9,15H2,1-4H3. The Bertz CT molecular complexity index is 390. The van der Waals surface area contributed by atoms with E-state index in [2.05, 4.69) is 32.9 Å². The predicted octanol–water partition coefficient (Wildman–Crippen LogP) is 2.60. The van der Waals surface area contributed by atoms with Gasteiger partial charge in [-0.2, -0.15) is 0 Å². The fraction of sp³-hybridized carbons (Fsp3) is 0.571. The van der Waals surface area contributed by atoms with Gasteiger partial charge in [-0.05, 0) is 50.8 Å². The maximum Gasteiger partial charge on any atom is 0.0490 e. The van der Waals surface area contributed by atoms with Crippen LogP contribution in [0.15, 0.2) is 12.1 Å². The predicted molar refractivity (Wildman–Crippen MR) is 75.6 cm³/mol. The van der Waals surface area contributed by atoms with Crippen molar-refractivity contribution in [3.8, 4) is 0 Å². The summed E-state index contributed by atoms with van der Waals surface area (Å²) in [4.78, 5) is 0. The lowest BCUT2D eigenvalue weighted by Crippen LogP contribution is -2.18. The van der Waals surface area contributed by atoms with Gasteiger partial charge >= 0.3 is 0 Å². The molecule has 2 nitrogen and oxygen atoms in total. The van der Waals surface area contributed by atoms with Crippen LogP contribution in [0, 0.1) is 20.8 Å². The second kappa shape index (κ2) is 6.31. The third-order valence-corrected chi connectivity index (χ3v) is 4.25. The van der Waals surface area contributed by atoms with Gasteiger partial charge in [0.1, 0.15) is 0 Å². The summed E-state index contributed by atoms with van der Waals surface area (Å²) in [6.45, 7) is 8.24. The molecule has 0 bridgehead atoms. The second-order valence-corrected chi connectivity index (χ2v) is 6.51. The summed E-state index contributed by atoms with van der Waals surface area (Å²) in [6.07, 6.45) is 0.830. The van der Waals surface area contributed by atoms with E-state index in [4.69, 9.17) is 5.73 Å². The minimum Gasteiger partial charge on any atom is -0.328 e. The maximum absolute atomic E-state index is 12.0. The number of hydrogen-bond acceptors (Lipinski definition) is 2. The Labute approximate surface area is 107 Å². The lowest BCUT2D eigenvalue weighted by atomic mass is 10.0. The molecule has 3 heteroatoms. The summed E-state index contributed by atoms with van der Waals surface area (Å²) in [5.41, 5.74) is 10.7. The summed E-state index contributed by atoms with van der Waals surface area (Å²) in [7, 11) is -0.799. The van der Waals surface area contributed by atoms with E-state index in [-0.39, 0.29) is 6.04 Å². The van der Waals surface area contributed by atoms with Crippen molar-refractivity contribution in [3.63, 3.8) is 0 Å². The average molecular weight is 253 g/mol. The monoisotopic (exact) mass is 253 g/mol. The molecule has 2 N–H and O–H groups in total. The van der Waals surface area contributed by atoms with Gasteiger partial charge in [0.05, 0.1) is 0 Å². The smallest absolute Gasteiger partial charge is 0.0490 e. The van der Waals surface area contributed by atoms with E-state index in [0.717, 1.165) is 6.42 Å². The Morgan fingerprint density at radius 3 is 2.24 bits per heavy atom. The fourth-order valence-corrected chi connectivity index (χ4v) is 3.54. The minimum absolute atomic E-state index is 0.138. The summed E-state index contributed by atoms with van der Waals surface area (Å²) in [6, 6.07) is 4.45. The van der Waals surface area contributed by atoms with Gasteiger partial charge in [0.25, 0.3) is 0 Å². The molecule has 0 aromatic heterocycles. The molecule has 0 fully saturated rings. The van der Waals surface area contributed by atoms with E-state index in [1.54, 1.807) is 0 Å². The summed E-state index contributed by atoms with van der Waals surface area (Å²) >= 11 is 0. The molecule has 1 aromatic rings. The molecule has 0 amide bonds. The zero-order chi connectivity index (χ0) is 13.0. The van der Waals surface area contributed by atoms with Crippen molar-refractivity contribution in [3.05, 3.63) is 34.4 Å². The van der Waals surface area contributed by atoms with Crippen LogP contribution in [-0.2, 0) is 16.6 Å². The van der Waals surface area contributed by atoms with Gasteiger partial charge in [-0.3, -0.25) is 4.21 Å². The van der Waals surface area contributed by atoms with Crippen LogP contribution in [0.25, 0.3) is 0 Å². The maximum atomic E-state index is 12.0. The van der Waals surface area contributed by atoms with E-state index in [9.17, 15) is 4.21 Å². The second-order valence-electron chi connectivity index (χ2n) is 4.93. The molecule has 0 aliphatic rings. The molecule has 0 radical (unpaired) electrons. The minimum atomic E-state index is -0.799. The molecule has 0 saturated carbocycles. The van der Waals surface area contributed by atoms with Crippen LogP contribution < -0.4 is 5.73 Å². The average Bonchev–Trinajstić information content (AvgIpc) is 2.20. The first-order valence-electron chi connectivity index (χ1n) is 6.07. The molecule has 1 aromatic carbocycles. The lowest BCUT2D eigenvalue weighted by molar-refractivity contribution is 0.667. The Hall–Kier alpha value is -0.670. The highest BCUT2D eigenvalue weighted by molar-refractivity contribution is 7.84. The van der Waals surface area contributed by atoms with E-state index in [1.807, 2.05) is 6.92 Å². The Kier molecular flexibility index (Phi) is 5.34. The zero-order valence-corrected chi connectivity index (χ0v) is 12.1. The van der Waals surface area contributed by atoms with E-state index in [1.165, 1.54) is 22.3 Å². The Morgan fingerprint density at radius 1 is 1.24 bits per heavy atom. The molecule has 0 aliphatic heterocycles. The quantitative estimate of drug-likeness (QED) is 0.876. The van der Waals surface area contributed by atoms with Crippen molar-refractivity contribution in [2.24, 2.45) is 5.73 Å². The fourth-order valence-electron chi connectivity index (χ4n) is 1.99. The normalized spacial score (nSPS) is 14.6. The molecule has 0 saturated heterocycles. The van der Waals surface area contributed by atoms with Crippen molar-refractivity contribution in [2.45, 2.75) is 45.9 Å². The molecule has 0 spiro atoms. The third kappa shape index (κ3) is 4.60. The van der Waals surface area contributed by atoms with Crippen LogP contribution in [0.5, 0.6) is 0 Å². The highest BCUT2D eigenvalue weighted by Crippen LogP contribution is 2.18. The van der Waals surface area contributed by atoms with Crippen molar-refractivity contribution in [1.29, 1.82) is 0 Å². The molecule has 2 atom stereocenters. The van der Waals surface area contributed by atoms with Crippen LogP contribution in [0.1, 0.15) is 35.6 Å². The largest absolute Gasteiger partial charge is 0.328 e. The highest BCUT2D eigenvalue weighted by Gasteiger charge is 2.09. The highest BCUT2D eigenvalue weighted by atomic mass is 32.2. The van der Waals surface area contributed by atoms with Gasteiger partial charge < -0.3 is 5.73 Å². The zero-order valence-electron chi connectivity index (χ0n) is 11.2. The van der Waals surface area contributed by atoms with Gasteiger partial charge in [0, 0.05) is 28.3 Å². The van der Waals surface area contributed by atoms with Crippen LogP contribution in [-0.4, -0.2) is 16.0 Å². The molecule has 0 heterocycles. The van der Waals surface area contributed by atoms with Crippen molar-refractivity contribution >= 4 is 10.8 Å². The van der Waals surface area contributed by atoms with Gasteiger partial charge in [-0.15, -0.1) is 0 Å². The van der Waals surface area contributed by atoms with Gasteiger partial charge in [-0.1, -0.05) is 17.7 Å². The first-order valence-corrected chi connectivity index (χ1v) is 7.56. The molecule has 96 valence electrons. The lowest BCUT2D eigenvalue weighted by Gasteiger charge is -2.11. The summed E-state index contributed by atoms with van der Waals surface area (Å²) < 4.78 is 12.0. The number of rotatable bonds is 5. The van der Waals surface area contributed by atoms with E-state index < -0.39 is 10.8 Å². The number of benzene rings is 1. The molecule has 1 rings (SSSR count). The first-order chi connectivity index (χ1) is 7.90. The summed E-state index contributed by atoms with van der Waals surface area (Å²) in [5, 5.41) is 0. The van der Waals surface area contributed by atoms with Crippen molar-refractivity contribution in [2.75, 3.05) is 5.75 Å². The Balaban J connectivity index is 2.72. The van der Waals surface area contributed by atoms with Crippen molar-refractivity contribution in [1.82, 2.24) is 0 Å². The van der Waals surface area contributed by atoms with Crippen LogP contribution >= 0.6 is 0 Å². The van der Waals surface area contributed by atoms with Crippen LogP contribution in [0.2, 0.25) is 0 Å². The van der Waals surface area contributed by atoms with Gasteiger partial charge in [-0.25, -0.2) is 0 Å². The van der Waals surface area contributed by atoms with Crippen LogP contribution in [0.3, 0.4) is 0 Å². The third-order valence-electron chi connectivity index (χ3n) is 2.95. The molecule has 2 unspecified atom stereocenters. The van der Waals surface area contributed by atoms with Crippen molar-refractivity contribution < 1.29 is 4.21 Å². The van der Waals surface area contributed by atoms with E-state index >= 15 is 0 Å².